The van der Waals surface area contributed by atoms with Crippen LogP contribution < -0.4 is 0 Å². The largest absolute Gasteiger partial charge is 0.507 e. The summed E-state index contributed by atoms with van der Waals surface area (Å²) in [5.41, 5.74) is 0.195. The predicted octanol–water partition coefficient (Wildman–Crippen LogP) is 4.66. The molecule has 0 aliphatic carbocycles. The first-order valence-electron chi connectivity index (χ1n) is 7.82. The molecular weight excluding hydrogens is 324 g/mol. The molecule has 128 valence electrons. The monoisotopic (exact) mass is 341 g/mol. The second-order valence-corrected chi connectivity index (χ2v) is 5.97. The summed E-state index contributed by atoms with van der Waals surface area (Å²) in [6.45, 7) is 1.61. The van der Waals surface area contributed by atoms with Crippen LogP contribution in [0.15, 0.2) is 54.6 Å². The number of aromatic hydroxyl groups is 1. The van der Waals surface area contributed by atoms with Gasteiger partial charge in [-0.15, -0.1) is 0 Å². The summed E-state index contributed by atoms with van der Waals surface area (Å²) >= 11 is 0. The molecule has 3 rings (SSSR count). The molecule has 0 heterocycles. The van der Waals surface area contributed by atoms with Crippen molar-refractivity contribution in [3.05, 3.63) is 77.4 Å². The number of rotatable bonds is 3. The molecule has 0 radical (unpaired) electrons. The van der Waals surface area contributed by atoms with Gasteiger partial charge in [0.05, 0.1) is 11.6 Å². The minimum atomic E-state index is -0.700. The summed E-state index contributed by atoms with van der Waals surface area (Å²) in [5, 5.41) is 11.8. The van der Waals surface area contributed by atoms with Crippen molar-refractivity contribution in [1.29, 1.82) is 0 Å². The van der Waals surface area contributed by atoms with Gasteiger partial charge in [-0.25, -0.2) is 8.78 Å². The lowest BCUT2D eigenvalue weighted by Crippen LogP contribution is -2.30. The quantitative estimate of drug-likeness (QED) is 0.753. The number of halogens is 2. The molecule has 3 aromatic carbocycles. The normalized spacial score (nSPS) is 12.2. The molecule has 3 aromatic rings. The van der Waals surface area contributed by atoms with E-state index in [0.717, 1.165) is 29.0 Å². The first-order valence-corrected chi connectivity index (χ1v) is 7.82. The topological polar surface area (TPSA) is 40.5 Å². The van der Waals surface area contributed by atoms with E-state index in [4.69, 9.17) is 0 Å². The van der Waals surface area contributed by atoms with Crippen molar-refractivity contribution in [2.24, 2.45) is 0 Å². The standard InChI is InChI=1S/C20H17F2NO2/c1-12(16-11-15(21)7-8-18(16)22)23(2)20(25)17-9-13-5-3-4-6-14(13)10-19(17)24/h3-12,24H,1-2H3. The number of carbonyl (C=O) groups is 1. The van der Waals surface area contributed by atoms with E-state index >= 15 is 0 Å². The number of nitrogens with zero attached hydrogens (tertiary/aromatic N) is 1. The summed E-state index contributed by atoms with van der Waals surface area (Å²) < 4.78 is 27.4. The van der Waals surface area contributed by atoms with Crippen LogP contribution in [-0.4, -0.2) is 23.0 Å². The zero-order chi connectivity index (χ0) is 18.1. The summed E-state index contributed by atoms with van der Waals surface area (Å²) in [6, 6.07) is 12.9. The Bertz CT molecular complexity index is 956. The van der Waals surface area contributed by atoms with Crippen LogP contribution in [0.25, 0.3) is 10.8 Å². The van der Waals surface area contributed by atoms with Gasteiger partial charge in [-0.2, -0.15) is 0 Å². The van der Waals surface area contributed by atoms with Gasteiger partial charge in [-0.05, 0) is 48.0 Å². The van der Waals surface area contributed by atoms with Crippen molar-refractivity contribution in [1.82, 2.24) is 4.90 Å². The molecule has 1 atom stereocenters. The molecule has 0 aliphatic rings. The predicted molar refractivity (Wildman–Crippen MR) is 92.5 cm³/mol. The van der Waals surface area contributed by atoms with Crippen molar-refractivity contribution in [2.45, 2.75) is 13.0 Å². The summed E-state index contributed by atoms with van der Waals surface area (Å²) in [5.74, 6) is -1.78. The highest BCUT2D eigenvalue weighted by molar-refractivity contribution is 6.01. The van der Waals surface area contributed by atoms with Crippen molar-refractivity contribution in [2.75, 3.05) is 7.05 Å². The van der Waals surface area contributed by atoms with Crippen LogP contribution in [0.5, 0.6) is 5.75 Å². The van der Waals surface area contributed by atoms with Crippen molar-refractivity contribution in [3.8, 4) is 5.75 Å². The van der Waals surface area contributed by atoms with Crippen LogP contribution in [0.1, 0.15) is 28.9 Å². The molecule has 0 bridgehead atoms. The Morgan fingerprint density at radius 3 is 2.36 bits per heavy atom. The maximum absolute atomic E-state index is 14.0. The van der Waals surface area contributed by atoms with E-state index < -0.39 is 23.6 Å². The van der Waals surface area contributed by atoms with E-state index in [1.165, 1.54) is 18.0 Å². The summed E-state index contributed by atoms with van der Waals surface area (Å²) in [7, 11) is 1.49. The van der Waals surface area contributed by atoms with Gasteiger partial charge in [0.15, 0.2) is 0 Å². The fourth-order valence-corrected chi connectivity index (χ4v) is 2.81. The van der Waals surface area contributed by atoms with Gasteiger partial charge < -0.3 is 10.0 Å². The lowest BCUT2D eigenvalue weighted by Gasteiger charge is -2.26. The second kappa shape index (κ2) is 6.51. The highest BCUT2D eigenvalue weighted by atomic mass is 19.1. The number of phenolic OH excluding ortho intramolecular Hbond substituents is 1. The Morgan fingerprint density at radius 2 is 1.68 bits per heavy atom. The minimum absolute atomic E-state index is 0.0797. The SMILES string of the molecule is CC(c1cc(F)ccc1F)N(C)C(=O)c1cc2ccccc2cc1O. The lowest BCUT2D eigenvalue weighted by molar-refractivity contribution is 0.0737. The van der Waals surface area contributed by atoms with Crippen molar-refractivity contribution < 1.29 is 18.7 Å². The maximum Gasteiger partial charge on any atom is 0.257 e. The van der Waals surface area contributed by atoms with Gasteiger partial charge >= 0.3 is 0 Å². The lowest BCUT2D eigenvalue weighted by atomic mass is 10.0. The van der Waals surface area contributed by atoms with E-state index in [1.54, 1.807) is 13.0 Å². The Balaban J connectivity index is 1.97. The molecule has 1 amide bonds. The van der Waals surface area contributed by atoms with Gasteiger partial charge in [-0.1, -0.05) is 24.3 Å². The first kappa shape index (κ1) is 16.9. The molecule has 0 fully saturated rings. The fourth-order valence-electron chi connectivity index (χ4n) is 2.81. The maximum atomic E-state index is 14.0. The van der Waals surface area contributed by atoms with Crippen LogP contribution >= 0.6 is 0 Å². The number of carbonyl (C=O) groups excluding carboxylic acids is 1. The molecule has 0 saturated heterocycles. The van der Waals surface area contributed by atoms with Gasteiger partial charge in [0.2, 0.25) is 0 Å². The number of phenols is 1. The zero-order valence-corrected chi connectivity index (χ0v) is 13.8. The second-order valence-electron chi connectivity index (χ2n) is 5.97. The van der Waals surface area contributed by atoms with Crippen molar-refractivity contribution in [3.63, 3.8) is 0 Å². The van der Waals surface area contributed by atoms with E-state index in [2.05, 4.69) is 0 Å². The van der Waals surface area contributed by atoms with E-state index in [-0.39, 0.29) is 16.9 Å². The highest BCUT2D eigenvalue weighted by Crippen LogP contribution is 2.29. The molecule has 0 aromatic heterocycles. The van der Waals surface area contributed by atoms with Crippen LogP contribution in [-0.2, 0) is 0 Å². The molecule has 5 heteroatoms. The number of hydrogen-bond acceptors (Lipinski definition) is 2. The Labute approximate surface area is 144 Å². The van der Waals surface area contributed by atoms with Gasteiger partial charge in [0.25, 0.3) is 5.91 Å². The van der Waals surface area contributed by atoms with E-state index in [0.29, 0.717) is 0 Å². The number of hydrogen-bond donors (Lipinski definition) is 1. The summed E-state index contributed by atoms with van der Waals surface area (Å²) in [6.07, 6.45) is 0. The minimum Gasteiger partial charge on any atom is -0.507 e. The summed E-state index contributed by atoms with van der Waals surface area (Å²) in [4.78, 5) is 14.0. The third kappa shape index (κ3) is 3.18. The van der Waals surface area contributed by atoms with Crippen LogP contribution in [0.2, 0.25) is 0 Å². The molecular formula is C20H17F2NO2. The third-order valence-electron chi connectivity index (χ3n) is 4.40. The average Bonchev–Trinajstić information content (AvgIpc) is 2.61. The van der Waals surface area contributed by atoms with E-state index in [1.807, 2.05) is 24.3 Å². The molecule has 25 heavy (non-hydrogen) atoms. The van der Waals surface area contributed by atoms with E-state index in [9.17, 15) is 18.7 Å². The molecule has 1 N–H and O–H groups in total. The number of fused-ring (bicyclic) bond motifs is 1. The Hall–Kier alpha value is -2.95. The van der Waals surface area contributed by atoms with Crippen LogP contribution in [0, 0.1) is 11.6 Å². The highest BCUT2D eigenvalue weighted by Gasteiger charge is 2.24. The molecule has 1 unspecified atom stereocenters. The molecule has 3 nitrogen and oxygen atoms in total. The average molecular weight is 341 g/mol. The van der Waals surface area contributed by atoms with Crippen molar-refractivity contribution >= 4 is 16.7 Å². The third-order valence-corrected chi connectivity index (χ3v) is 4.40. The molecule has 0 aliphatic heterocycles. The Kier molecular flexibility index (Phi) is 4.40. The fraction of sp³-hybridized carbons (Fsp3) is 0.150. The molecule has 0 saturated carbocycles. The zero-order valence-electron chi connectivity index (χ0n) is 13.8. The first-order chi connectivity index (χ1) is 11.9. The van der Waals surface area contributed by atoms with Gasteiger partial charge in [0, 0.05) is 12.6 Å². The van der Waals surface area contributed by atoms with Gasteiger partial charge in [-0.3, -0.25) is 4.79 Å². The van der Waals surface area contributed by atoms with Gasteiger partial charge in [0.1, 0.15) is 17.4 Å². The van der Waals surface area contributed by atoms with Crippen LogP contribution in [0.4, 0.5) is 8.78 Å². The molecule has 0 spiro atoms. The number of benzene rings is 3. The number of amides is 1. The Morgan fingerprint density at radius 1 is 1.04 bits per heavy atom. The van der Waals surface area contributed by atoms with Crippen LogP contribution in [0.3, 0.4) is 0 Å². The smallest absolute Gasteiger partial charge is 0.257 e.